The summed E-state index contributed by atoms with van der Waals surface area (Å²) in [7, 11) is 0. The Morgan fingerprint density at radius 1 is 1.10 bits per heavy atom. The van der Waals surface area contributed by atoms with E-state index < -0.39 is 5.97 Å². The number of hydrogen-bond donors (Lipinski definition) is 1. The van der Waals surface area contributed by atoms with E-state index in [4.69, 9.17) is 9.84 Å². The van der Waals surface area contributed by atoms with Crippen molar-refractivity contribution in [2.45, 2.75) is 19.4 Å². The fourth-order valence-electron chi connectivity index (χ4n) is 1.79. The summed E-state index contributed by atoms with van der Waals surface area (Å²) in [6.07, 6.45) is 0.574. The van der Waals surface area contributed by atoms with E-state index in [0.717, 1.165) is 11.1 Å². The van der Waals surface area contributed by atoms with Crippen molar-refractivity contribution in [3.8, 4) is 5.75 Å². The third kappa shape index (κ3) is 4.39. The molecule has 2 aromatic rings. The molecule has 0 unspecified atom stereocenters. The zero-order valence-corrected chi connectivity index (χ0v) is 10.9. The van der Waals surface area contributed by atoms with Gasteiger partial charge in [-0.25, -0.2) is 4.39 Å². The quantitative estimate of drug-likeness (QED) is 0.878. The van der Waals surface area contributed by atoms with Gasteiger partial charge in [-0.1, -0.05) is 24.3 Å². The molecule has 3 nitrogen and oxygen atoms in total. The van der Waals surface area contributed by atoms with Crippen LogP contribution < -0.4 is 4.74 Å². The number of carboxylic acid groups (broad SMARTS) is 1. The molecule has 0 radical (unpaired) electrons. The average molecular weight is 274 g/mol. The van der Waals surface area contributed by atoms with Gasteiger partial charge in [-0.05, 0) is 41.8 Å². The van der Waals surface area contributed by atoms with Crippen molar-refractivity contribution in [2.75, 3.05) is 0 Å². The van der Waals surface area contributed by atoms with Gasteiger partial charge in [-0.2, -0.15) is 0 Å². The molecule has 1 N–H and O–H groups in total. The summed E-state index contributed by atoms with van der Waals surface area (Å²) in [5, 5.41) is 8.66. The fraction of sp³-hybridized carbons (Fsp3) is 0.188. The molecule has 0 atom stereocenters. The predicted octanol–water partition coefficient (Wildman–Crippen LogP) is 3.42. The van der Waals surface area contributed by atoms with E-state index >= 15 is 0 Å². The Kier molecular flexibility index (Phi) is 4.71. The maximum Gasteiger partial charge on any atom is 0.303 e. The Morgan fingerprint density at radius 3 is 2.55 bits per heavy atom. The summed E-state index contributed by atoms with van der Waals surface area (Å²) in [6, 6.07) is 13.5. The van der Waals surface area contributed by atoms with Gasteiger partial charge in [-0.3, -0.25) is 4.79 Å². The standard InChI is InChI=1S/C16H15FO3/c17-14-7-4-13(5-8-14)11-20-15-3-1-2-12(10-15)6-9-16(18)19/h1-5,7-8,10H,6,9,11H2,(H,18,19). The molecule has 0 aromatic heterocycles. The zero-order valence-electron chi connectivity index (χ0n) is 10.9. The molecule has 0 saturated carbocycles. The second-order valence-electron chi connectivity index (χ2n) is 4.46. The summed E-state index contributed by atoms with van der Waals surface area (Å²) in [5.74, 6) is -0.413. The fourth-order valence-corrected chi connectivity index (χ4v) is 1.79. The van der Waals surface area contributed by atoms with Gasteiger partial charge in [0.1, 0.15) is 18.2 Å². The van der Waals surface area contributed by atoms with Crippen molar-refractivity contribution in [3.05, 3.63) is 65.5 Å². The minimum Gasteiger partial charge on any atom is -0.489 e. The molecule has 2 rings (SSSR count). The number of hydrogen-bond acceptors (Lipinski definition) is 2. The molecular formula is C16H15FO3. The first-order valence-electron chi connectivity index (χ1n) is 6.31. The number of aryl methyl sites for hydroxylation is 1. The third-order valence-corrected chi connectivity index (χ3v) is 2.84. The van der Waals surface area contributed by atoms with Gasteiger partial charge in [0.2, 0.25) is 0 Å². The smallest absolute Gasteiger partial charge is 0.303 e. The summed E-state index contributed by atoms with van der Waals surface area (Å²) < 4.78 is 18.4. The lowest BCUT2D eigenvalue weighted by atomic mass is 10.1. The summed E-state index contributed by atoms with van der Waals surface area (Å²) >= 11 is 0. The molecule has 0 fully saturated rings. The van der Waals surface area contributed by atoms with Crippen LogP contribution in [0.2, 0.25) is 0 Å². The van der Waals surface area contributed by atoms with Crippen molar-refractivity contribution >= 4 is 5.97 Å². The van der Waals surface area contributed by atoms with Crippen LogP contribution in [-0.4, -0.2) is 11.1 Å². The second kappa shape index (κ2) is 6.70. The molecule has 0 aliphatic rings. The van der Waals surface area contributed by atoms with Crippen molar-refractivity contribution in [1.29, 1.82) is 0 Å². The predicted molar refractivity (Wildman–Crippen MR) is 73.1 cm³/mol. The second-order valence-corrected chi connectivity index (χ2v) is 4.46. The van der Waals surface area contributed by atoms with Gasteiger partial charge >= 0.3 is 5.97 Å². The highest BCUT2D eigenvalue weighted by molar-refractivity contribution is 5.67. The SMILES string of the molecule is O=C(O)CCc1cccc(OCc2ccc(F)cc2)c1. The molecule has 0 aliphatic heterocycles. The summed E-state index contributed by atoms with van der Waals surface area (Å²) in [5.41, 5.74) is 1.80. The maximum absolute atomic E-state index is 12.8. The van der Waals surface area contributed by atoms with Crippen LogP contribution in [0.25, 0.3) is 0 Å². The van der Waals surface area contributed by atoms with E-state index in [9.17, 15) is 9.18 Å². The van der Waals surface area contributed by atoms with Gasteiger partial charge in [0, 0.05) is 6.42 Å². The van der Waals surface area contributed by atoms with Crippen LogP contribution in [0.4, 0.5) is 4.39 Å². The first kappa shape index (κ1) is 14.1. The Bertz CT molecular complexity index is 579. The molecule has 20 heavy (non-hydrogen) atoms. The number of aliphatic carboxylic acids is 1. The number of benzene rings is 2. The zero-order chi connectivity index (χ0) is 14.4. The van der Waals surface area contributed by atoms with Gasteiger partial charge in [0.05, 0.1) is 0 Å². The van der Waals surface area contributed by atoms with Crippen LogP contribution in [0.15, 0.2) is 48.5 Å². The molecule has 0 bridgehead atoms. The highest BCUT2D eigenvalue weighted by Crippen LogP contribution is 2.16. The minimum atomic E-state index is -0.817. The monoisotopic (exact) mass is 274 g/mol. The van der Waals surface area contributed by atoms with Crippen LogP contribution in [-0.2, 0) is 17.8 Å². The van der Waals surface area contributed by atoms with Gasteiger partial charge in [0.25, 0.3) is 0 Å². The molecule has 4 heteroatoms. The van der Waals surface area contributed by atoms with Crippen molar-refractivity contribution in [3.63, 3.8) is 0 Å². The van der Waals surface area contributed by atoms with Crippen LogP contribution in [0.5, 0.6) is 5.75 Å². The molecule has 2 aromatic carbocycles. The molecule has 104 valence electrons. The Labute approximate surface area is 116 Å². The first-order chi connectivity index (χ1) is 9.63. The average Bonchev–Trinajstić information content (AvgIpc) is 2.45. The number of rotatable bonds is 6. The van der Waals surface area contributed by atoms with E-state index in [1.165, 1.54) is 12.1 Å². The number of ether oxygens (including phenoxy) is 1. The lowest BCUT2D eigenvalue weighted by Gasteiger charge is -2.08. The van der Waals surface area contributed by atoms with Gasteiger partial charge in [-0.15, -0.1) is 0 Å². The Balaban J connectivity index is 1.94. The maximum atomic E-state index is 12.8. The topological polar surface area (TPSA) is 46.5 Å². The molecule has 0 heterocycles. The van der Waals surface area contributed by atoms with Gasteiger partial charge < -0.3 is 9.84 Å². The van der Waals surface area contributed by atoms with Crippen molar-refractivity contribution in [1.82, 2.24) is 0 Å². The summed E-state index contributed by atoms with van der Waals surface area (Å²) in [4.78, 5) is 10.5. The molecular weight excluding hydrogens is 259 g/mol. The molecule has 0 spiro atoms. The Morgan fingerprint density at radius 2 is 1.85 bits per heavy atom. The molecule has 0 saturated heterocycles. The van der Waals surface area contributed by atoms with Crippen LogP contribution >= 0.6 is 0 Å². The normalized spacial score (nSPS) is 10.2. The molecule has 0 amide bonds. The Hall–Kier alpha value is -2.36. The van der Waals surface area contributed by atoms with Gasteiger partial charge in [0.15, 0.2) is 0 Å². The van der Waals surface area contributed by atoms with Crippen LogP contribution in [0.3, 0.4) is 0 Å². The number of halogens is 1. The summed E-state index contributed by atoms with van der Waals surface area (Å²) in [6.45, 7) is 0.350. The first-order valence-corrected chi connectivity index (χ1v) is 6.31. The van der Waals surface area contributed by atoms with E-state index in [1.54, 1.807) is 12.1 Å². The number of carbonyl (C=O) groups is 1. The molecule has 0 aliphatic carbocycles. The highest BCUT2D eigenvalue weighted by atomic mass is 19.1. The lowest BCUT2D eigenvalue weighted by Crippen LogP contribution is -1.99. The lowest BCUT2D eigenvalue weighted by molar-refractivity contribution is -0.136. The van der Waals surface area contributed by atoms with Crippen molar-refractivity contribution in [2.24, 2.45) is 0 Å². The van der Waals surface area contributed by atoms with E-state index in [1.807, 2.05) is 24.3 Å². The van der Waals surface area contributed by atoms with Crippen LogP contribution in [0, 0.1) is 5.82 Å². The highest BCUT2D eigenvalue weighted by Gasteiger charge is 2.02. The van der Waals surface area contributed by atoms with E-state index in [2.05, 4.69) is 0 Å². The number of carboxylic acids is 1. The minimum absolute atomic E-state index is 0.0986. The third-order valence-electron chi connectivity index (χ3n) is 2.84. The van der Waals surface area contributed by atoms with E-state index in [0.29, 0.717) is 18.8 Å². The van der Waals surface area contributed by atoms with Crippen LogP contribution in [0.1, 0.15) is 17.5 Å². The largest absolute Gasteiger partial charge is 0.489 e. The van der Waals surface area contributed by atoms with Crippen molar-refractivity contribution < 1.29 is 19.0 Å². The van der Waals surface area contributed by atoms with E-state index in [-0.39, 0.29) is 12.2 Å².